The maximum Gasteiger partial charge on any atom is 0.323 e. The summed E-state index contributed by atoms with van der Waals surface area (Å²) < 4.78 is 24.4. The fraction of sp³-hybridized carbons (Fsp3) is 0.417. The number of carboxylic acids is 1. The van der Waals surface area contributed by atoms with E-state index in [9.17, 15) is 13.2 Å². The Kier molecular flexibility index (Phi) is 3.06. The number of sulfone groups is 1. The minimum atomic E-state index is -3.35. The first-order valence-corrected chi connectivity index (χ1v) is 7.19. The molecule has 1 atom stereocenters. The monoisotopic (exact) mass is 269 g/mol. The van der Waals surface area contributed by atoms with Gasteiger partial charge in [0.25, 0.3) is 0 Å². The molecule has 0 saturated heterocycles. The number of rotatable bonds is 2. The summed E-state index contributed by atoms with van der Waals surface area (Å²) in [5.41, 5.74) is 1.31. The average molecular weight is 269 g/mol. The van der Waals surface area contributed by atoms with Crippen molar-refractivity contribution >= 4 is 21.5 Å². The number of carbonyl (C=O) groups is 1. The van der Waals surface area contributed by atoms with E-state index in [4.69, 9.17) is 5.11 Å². The molecule has 0 aliphatic carbocycles. The number of aryl methyl sites for hydroxylation is 1. The molecule has 1 unspecified atom stereocenters. The predicted octanol–water partition coefficient (Wildman–Crippen LogP) is 1.06. The fourth-order valence-corrected chi connectivity index (χ4v) is 3.93. The fourth-order valence-electron chi connectivity index (χ4n) is 2.29. The van der Waals surface area contributed by atoms with E-state index in [2.05, 4.69) is 0 Å². The largest absolute Gasteiger partial charge is 0.480 e. The molecule has 1 aliphatic heterocycles. The second-order valence-corrected chi connectivity index (χ2v) is 6.89. The molecule has 18 heavy (non-hydrogen) atoms. The van der Waals surface area contributed by atoms with Crippen LogP contribution in [-0.4, -0.2) is 37.8 Å². The maximum absolute atomic E-state index is 12.2. The van der Waals surface area contributed by atoms with Gasteiger partial charge in [-0.15, -0.1) is 0 Å². The zero-order valence-electron chi connectivity index (χ0n) is 10.3. The van der Waals surface area contributed by atoms with Gasteiger partial charge in [0.15, 0.2) is 9.84 Å². The summed E-state index contributed by atoms with van der Waals surface area (Å²) >= 11 is 0. The van der Waals surface area contributed by atoms with Crippen molar-refractivity contribution < 1.29 is 18.3 Å². The minimum absolute atomic E-state index is 0.183. The second-order valence-electron chi connectivity index (χ2n) is 4.55. The van der Waals surface area contributed by atoms with Crippen molar-refractivity contribution in [3.05, 3.63) is 23.8 Å². The third kappa shape index (κ3) is 1.96. The lowest BCUT2D eigenvalue weighted by molar-refractivity contribution is -0.135. The molecule has 6 heteroatoms. The molecule has 1 aromatic carbocycles. The number of para-hydroxylation sites is 1. The van der Waals surface area contributed by atoms with Crippen molar-refractivity contribution in [1.29, 1.82) is 0 Å². The van der Waals surface area contributed by atoms with Gasteiger partial charge in [-0.3, -0.25) is 4.79 Å². The number of aliphatic carboxylic acids is 1. The van der Waals surface area contributed by atoms with Gasteiger partial charge in [0.1, 0.15) is 6.54 Å². The van der Waals surface area contributed by atoms with Crippen LogP contribution in [0.5, 0.6) is 0 Å². The smallest absolute Gasteiger partial charge is 0.323 e. The van der Waals surface area contributed by atoms with Crippen LogP contribution in [0.1, 0.15) is 12.5 Å². The van der Waals surface area contributed by atoms with E-state index in [1.807, 2.05) is 0 Å². The van der Waals surface area contributed by atoms with E-state index in [1.165, 1.54) is 0 Å². The van der Waals surface area contributed by atoms with Crippen LogP contribution >= 0.6 is 0 Å². The Morgan fingerprint density at radius 1 is 1.50 bits per heavy atom. The molecular formula is C12H15NO4S. The Hall–Kier alpha value is -1.56. The molecule has 0 bridgehead atoms. The van der Waals surface area contributed by atoms with Crippen LogP contribution in [0.3, 0.4) is 0 Å². The van der Waals surface area contributed by atoms with Crippen LogP contribution in [0.4, 0.5) is 5.69 Å². The third-order valence-corrected chi connectivity index (χ3v) is 5.31. The number of nitrogens with zero attached hydrogens (tertiary/aromatic N) is 1. The molecule has 0 fully saturated rings. The van der Waals surface area contributed by atoms with Crippen LogP contribution in [0.25, 0.3) is 0 Å². The molecule has 0 aromatic heterocycles. The lowest BCUT2D eigenvalue weighted by Gasteiger charge is -2.34. The molecule has 0 spiro atoms. The molecule has 0 amide bonds. The SMILES string of the molecule is Cc1cccc2c1N(CC(=O)O)CC(C)S2(=O)=O. The molecule has 2 rings (SSSR count). The summed E-state index contributed by atoms with van der Waals surface area (Å²) in [4.78, 5) is 12.7. The Bertz CT molecular complexity index is 594. The van der Waals surface area contributed by atoms with E-state index in [-0.39, 0.29) is 18.0 Å². The Morgan fingerprint density at radius 3 is 2.78 bits per heavy atom. The van der Waals surface area contributed by atoms with Crippen LogP contribution in [0.15, 0.2) is 23.1 Å². The number of fused-ring (bicyclic) bond motifs is 1. The van der Waals surface area contributed by atoms with Gasteiger partial charge >= 0.3 is 5.97 Å². The van der Waals surface area contributed by atoms with E-state index < -0.39 is 21.1 Å². The quantitative estimate of drug-likeness (QED) is 0.869. The van der Waals surface area contributed by atoms with Crippen molar-refractivity contribution in [1.82, 2.24) is 0 Å². The first-order chi connectivity index (χ1) is 8.34. The number of hydrogen-bond acceptors (Lipinski definition) is 4. The highest BCUT2D eigenvalue weighted by Crippen LogP contribution is 2.35. The van der Waals surface area contributed by atoms with Gasteiger partial charge in [0.05, 0.1) is 15.8 Å². The summed E-state index contributed by atoms with van der Waals surface area (Å²) in [6, 6.07) is 5.02. The van der Waals surface area contributed by atoms with Gasteiger partial charge in [0.2, 0.25) is 0 Å². The topological polar surface area (TPSA) is 74.7 Å². The summed E-state index contributed by atoms with van der Waals surface area (Å²) in [5.74, 6) is -0.962. The second kappa shape index (κ2) is 4.28. The molecule has 0 saturated carbocycles. The summed E-state index contributed by atoms with van der Waals surface area (Å²) in [6.07, 6.45) is 0. The van der Waals surface area contributed by atoms with Crippen LogP contribution in [-0.2, 0) is 14.6 Å². The molecule has 98 valence electrons. The van der Waals surface area contributed by atoms with Crippen LogP contribution in [0.2, 0.25) is 0 Å². The molecule has 1 aliphatic rings. The predicted molar refractivity (Wildman–Crippen MR) is 67.7 cm³/mol. The average Bonchev–Trinajstić information content (AvgIpc) is 2.25. The van der Waals surface area contributed by atoms with Gasteiger partial charge in [-0.1, -0.05) is 12.1 Å². The zero-order chi connectivity index (χ0) is 13.5. The molecule has 1 aromatic rings. The molecule has 0 radical (unpaired) electrons. The van der Waals surface area contributed by atoms with Gasteiger partial charge in [-0.2, -0.15) is 0 Å². The lowest BCUT2D eigenvalue weighted by atomic mass is 10.1. The standard InChI is InChI=1S/C12H15NO4S/c1-8-4-3-5-10-12(8)13(7-11(14)15)6-9(2)18(10,16)17/h3-5,9H,6-7H2,1-2H3,(H,14,15). The Labute approximate surface area is 106 Å². The minimum Gasteiger partial charge on any atom is -0.480 e. The molecule has 1 heterocycles. The van der Waals surface area contributed by atoms with Crippen molar-refractivity contribution in [2.24, 2.45) is 0 Å². The first kappa shape index (κ1) is 12.9. The molecule has 1 N–H and O–H groups in total. The van der Waals surface area contributed by atoms with Crippen molar-refractivity contribution in [3.8, 4) is 0 Å². The number of benzene rings is 1. The van der Waals surface area contributed by atoms with E-state index in [0.717, 1.165) is 5.56 Å². The zero-order valence-corrected chi connectivity index (χ0v) is 11.1. The highest BCUT2D eigenvalue weighted by atomic mass is 32.2. The van der Waals surface area contributed by atoms with Gasteiger partial charge < -0.3 is 10.0 Å². The Morgan fingerprint density at radius 2 is 2.17 bits per heavy atom. The van der Waals surface area contributed by atoms with E-state index >= 15 is 0 Å². The summed E-state index contributed by atoms with van der Waals surface area (Å²) in [6.45, 7) is 3.43. The van der Waals surface area contributed by atoms with Crippen LogP contribution in [0, 0.1) is 6.92 Å². The van der Waals surface area contributed by atoms with E-state index in [1.54, 1.807) is 36.9 Å². The first-order valence-electron chi connectivity index (χ1n) is 5.64. The molecular weight excluding hydrogens is 254 g/mol. The highest BCUT2D eigenvalue weighted by Gasteiger charge is 2.35. The van der Waals surface area contributed by atoms with Crippen molar-refractivity contribution in [3.63, 3.8) is 0 Å². The van der Waals surface area contributed by atoms with Crippen molar-refractivity contribution in [2.75, 3.05) is 18.0 Å². The van der Waals surface area contributed by atoms with Gasteiger partial charge in [0, 0.05) is 6.54 Å². The lowest BCUT2D eigenvalue weighted by Crippen LogP contribution is -2.43. The molecule has 5 nitrogen and oxygen atoms in total. The maximum atomic E-state index is 12.2. The van der Waals surface area contributed by atoms with Crippen LogP contribution < -0.4 is 4.90 Å². The summed E-state index contributed by atoms with van der Waals surface area (Å²) in [7, 11) is -3.35. The summed E-state index contributed by atoms with van der Waals surface area (Å²) in [5, 5.41) is 8.32. The third-order valence-electron chi connectivity index (χ3n) is 3.16. The Balaban J connectivity index is 2.62. The normalized spacial score (nSPS) is 21.4. The van der Waals surface area contributed by atoms with Gasteiger partial charge in [-0.05, 0) is 25.5 Å². The number of hydrogen-bond donors (Lipinski definition) is 1. The van der Waals surface area contributed by atoms with E-state index in [0.29, 0.717) is 5.69 Å². The number of anilines is 1. The highest BCUT2D eigenvalue weighted by molar-refractivity contribution is 7.92. The van der Waals surface area contributed by atoms with Crippen molar-refractivity contribution in [2.45, 2.75) is 24.0 Å². The number of carboxylic acid groups (broad SMARTS) is 1. The van der Waals surface area contributed by atoms with Gasteiger partial charge in [-0.25, -0.2) is 8.42 Å².